The Morgan fingerprint density at radius 2 is 1.38 bits per heavy atom. The van der Waals surface area contributed by atoms with Gasteiger partial charge in [0.25, 0.3) is 0 Å². The van der Waals surface area contributed by atoms with Crippen molar-refractivity contribution in [3.8, 4) is 0 Å². The Morgan fingerprint density at radius 1 is 0.794 bits per heavy atom. The predicted octanol–water partition coefficient (Wildman–Crippen LogP) is 6.27. The molecule has 4 heteroatoms. The van der Waals surface area contributed by atoms with Gasteiger partial charge in [0.1, 0.15) is 0 Å². The zero-order valence-electron chi connectivity index (χ0n) is 20.2. The molecule has 3 aromatic carbocycles. The SMILES string of the molecule is Cc1ccc(C(SCCNCc2cc(N(C)C)ccn2)(c2ccccc2)c2ccccc2)cc1. The van der Waals surface area contributed by atoms with Gasteiger partial charge in [0.05, 0.1) is 10.4 Å². The van der Waals surface area contributed by atoms with Crippen LogP contribution in [0.5, 0.6) is 0 Å². The lowest BCUT2D eigenvalue weighted by Crippen LogP contribution is -2.28. The molecule has 0 aliphatic heterocycles. The molecule has 0 spiro atoms. The lowest BCUT2D eigenvalue weighted by atomic mass is 9.84. The number of rotatable bonds is 10. The normalized spacial score (nSPS) is 11.4. The van der Waals surface area contributed by atoms with Crippen molar-refractivity contribution in [2.45, 2.75) is 18.2 Å². The maximum Gasteiger partial charge on any atom is 0.0907 e. The summed E-state index contributed by atoms with van der Waals surface area (Å²) in [5, 5.41) is 3.60. The first-order chi connectivity index (χ1) is 16.6. The second-order valence-electron chi connectivity index (χ2n) is 8.70. The number of hydrogen-bond donors (Lipinski definition) is 1. The fourth-order valence-corrected chi connectivity index (χ4v) is 5.68. The van der Waals surface area contributed by atoms with E-state index in [1.807, 2.05) is 24.0 Å². The van der Waals surface area contributed by atoms with Crippen LogP contribution < -0.4 is 10.2 Å². The average Bonchev–Trinajstić information content (AvgIpc) is 2.88. The van der Waals surface area contributed by atoms with Crippen LogP contribution in [0.25, 0.3) is 0 Å². The number of aromatic nitrogens is 1. The van der Waals surface area contributed by atoms with Crippen molar-refractivity contribution in [3.63, 3.8) is 0 Å². The summed E-state index contributed by atoms with van der Waals surface area (Å²) in [5.41, 5.74) is 7.42. The quantitative estimate of drug-likeness (QED) is 0.220. The molecule has 174 valence electrons. The molecule has 0 aliphatic rings. The van der Waals surface area contributed by atoms with Crippen molar-refractivity contribution < 1.29 is 0 Å². The molecule has 3 nitrogen and oxygen atoms in total. The Hall–Kier alpha value is -3.08. The standard InChI is InChI=1S/C30H33N3S/c1-24-14-16-27(17-15-24)30(25-10-6-4-7-11-25,26-12-8-5-9-13-26)34-21-20-31-23-28-22-29(33(2)3)18-19-32-28/h4-19,22,31H,20-21,23H2,1-3H3. The monoisotopic (exact) mass is 467 g/mol. The maximum atomic E-state index is 4.52. The van der Waals surface area contributed by atoms with E-state index in [0.29, 0.717) is 0 Å². The number of hydrogen-bond acceptors (Lipinski definition) is 4. The topological polar surface area (TPSA) is 28.2 Å². The van der Waals surface area contributed by atoms with Crippen molar-refractivity contribution >= 4 is 17.4 Å². The minimum atomic E-state index is -0.277. The highest BCUT2D eigenvalue weighted by Crippen LogP contribution is 2.48. The first-order valence-corrected chi connectivity index (χ1v) is 12.7. The molecule has 1 N–H and O–H groups in total. The van der Waals surface area contributed by atoms with Gasteiger partial charge in [-0.25, -0.2) is 0 Å². The van der Waals surface area contributed by atoms with E-state index >= 15 is 0 Å². The van der Waals surface area contributed by atoms with Gasteiger partial charge in [-0.05, 0) is 35.7 Å². The van der Waals surface area contributed by atoms with E-state index in [4.69, 9.17) is 0 Å². The summed E-state index contributed by atoms with van der Waals surface area (Å²) in [5.74, 6) is 0.963. The Bertz CT molecular complexity index is 1120. The lowest BCUT2D eigenvalue weighted by Gasteiger charge is -2.35. The molecule has 1 heterocycles. The fraction of sp³-hybridized carbons (Fsp3) is 0.233. The molecule has 0 unspecified atom stereocenters. The minimum Gasteiger partial charge on any atom is -0.378 e. The van der Waals surface area contributed by atoms with Crippen LogP contribution in [-0.4, -0.2) is 31.4 Å². The van der Waals surface area contributed by atoms with Crippen LogP contribution in [0, 0.1) is 6.92 Å². The van der Waals surface area contributed by atoms with E-state index in [1.54, 1.807) is 0 Å². The zero-order valence-corrected chi connectivity index (χ0v) is 21.1. The summed E-state index contributed by atoms with van der Waals surface area (Å²) in [7, 11) is 4.11. The lowest BCUT2D eigenvalue weighted by molar-refractivity contribution is 0.713. The van der Waals surface area contributed by atoms with Gasteiger partial charge in [-0.3, -0.25) is 4.98 Å². The highest BCUT2D eigenvalue weighted by molar-refractivity contribution is 8.00. The molecule has 4 rings (SSSR count). The maximum absolute atomic E-state index is 4.52. The molecule has 0 aliphatic carbocycles. The van der Waals surface area contributed by atoms with E-state index < -0.39 is 0 Å². The van der Waals surface area contributed by atoms with E-state index in [9.17, 15) is 0 Å². The predicted molar refractivity (Wildman–Crippen MR) is 147 cm³/mol. The van der Waals surface area contributed by atoms with Gasteiger partial charge in [0.15, 0.2) is 0 Å². The number of pyridine rings is 1. The van der Waals surface area contributed by atoms with Crippen LogP contribution in [0.3, 0.4) is 0 Å². The highest BCUT2D eigenvalue weighted by Gasteiger charge is 2.36. The molecule has 0 fully saturated rings. The smallest absolute Gasteiger partial charge is 0.0907 e. The van der Waals surface area contributed by atoms with E-state index in [0.717, 1.165) is 24.5 Å². The number of thioether (sulfide) groups is 1. The molecular formula is C30H33N3S. The average molecular weight is 468 g/mol. The molecular weight excluding hydrogens is 434 g/mol. The second-order valence-corrected chi connectivity index (χ2v) is 10.0. The van der Waals surface area contributed by atoms with Gasteiger partial charge < -0.3 is 10.2 Å². The van der Waals surface area contributed by atoms with Gasteiger partial charge in [0.2, 0.25) is 0 Å². The molecule has 0 bridgehead atoms. The molecule has 0 amide bonds. The van der Waals surface area contributed by atoms with Gasteiger partial charge in [-0.2, -0.15) is 0 Å². The minimum absolute atomic E-state index is 0.277. The van der Waals surface area contributed by atoms with Crippen LogP contribution in [0.2, 0.25) is 0 Å². The number of aryl methyl sites for hydroxylation is 1. The van der Waals surface area contributed by atoms with Gasteiger partial charge in [-0.1, -0.05) is 90.5 Å². The summed E-state index contributed by atoms with van der Waals surface area (Å²) >= 11 is 1.99. The molecule has 0 radical (unpaired) electrons. The van der Waals surface area contributed by atoms with Crippen molar-refractivity contribution in [3.05, 3.63) is 131 Å². The summed E-state index contributed by atoms with van der Waals surface area (Å²) in [4.78, 5) is 6.63. The van der Waals surface area contributed by atoms with E-state index in [2.05, 4.69) is 127 Å². The molecule has 0 saturated heterocycles. The molecule has 0 atom stereocenters. The van der Waals surface area contributed by atoms with Crippen LogP contribution in [0.15, 0.2) is 103 Å². The third kappa shape index (κ3) is 5.52. The molecule has 0 saturated carbocycles. The number of nitrogens with zero attached hydrogens (tertiary/aromatic N) is 2. The third-order valence-corrected chi connectivity index (χ3v) is 7.59. The van der Waals surface area contributed by atoms with Gasteiger partial charge >= 0.3 is 0 Å². The van der Waals surface area contributed by atoms with E-state index in [-0.39, 0.29) is 4.75 Å². The first-order valence-electron chi connectivity index (χ1n) is 11.7. The second kappa shape index (κ2) is 11.4. The molecule has 34 heavy (non-hydrogen) atoms. The van der Waals surface area contributed by atoms with Crippen LogP contribution in [-0.2, 0) is 11.3 Å². The van der Waals surface area contributed by atoms with Crippen molar-refractivity contribution in [1.82, 2.24) is 10.3 Å². The summed E-state index contributed by atoms with van der Waals surface area (Å²) in [6, 6.07) is 35.0. The number of nitrogens with one attached hydrogen (secondary N) is 1. The Kier molecular flexibility index (Phi) is 8.04. The van der Waals surface area contributed by atoms with Gasteiger partial charge in [0, 0.05) is 44.8 Å². The molecule has 4 aromatic rings. The Morgan fingerprint density at radius 3 is 1.97 bits per heavy atom. The van der Waals surface area contributed by atoms with Crippen molar-refractivity contribution in [1.29, 1.82) is 0 Å². The largest absolute Gasteiger partial charge is 0.378 e. The third-order valence-electron chi connectivity index (χ3n) is 6.04. The van der Waals surface area contributed by atoms with Gasteiger partial charge in [-0.15, -0.1) is 11.8 Å². The molecule has 1 aromatic heterocycles. The summed E-state index contributed by atoms with van der Waals surface area (Å²) < 4.78 is -0.277. The Labute approximate surface area is 208 Å². The zero-order chi connectivity index (χ0) is 23.8. The Balaban J connectivity index is 1.57. The van der Waals surface area contributed by atoms with E-state index in [1.165, 1.54) is 27.9 Å². The fourth-order valence-electron chi connectivity index (χ4n) is 4.22. The first kappa shape index (κ1) is 24.1. The van der Waals surface area contributed by atoms with Crippen molar-refractivity contribution in [2.75, 3.05) is 31.3 Å². The summed E-state index contributed by atoms with van der Waals surface area (Å²) in [6.07, 6.45) is 1.88. The highest BCUT2D eigenvalue weighted by atomic mass is 32.2. The number of anilines is 1. The van der Waals surface area contributed by atoms with Crippen LogP contribution >= 0.6 is 11.8 Å². The van der Waals surface area contributed by atoms with Crippen LogP contribution in [0.4, 0.5) is 5.69 Å². The summed E-state index contributed by atoms with van der Waals surface area (Å²) in [6.45, 7) is 3.80. The number of benzene rings is 3. The van der Waals surface area contributed by atoms with Crippen molar-refractivity contribution in [2.24, 2.45) is 0 Å². The van der Waals surface area contributed by atoms with Crippen LogP contribution in [0.1, 0.15) is 27.9 Å².